The molecule has 0 aromatic rings. The van der Waals surface area contributed by atoms with Gasteiger partial charge < -0.3 is 65.8 Å². The van der Waals surface area contributed by atoms with Gasteiger partial charge in [0.05, 0.1) is 29.6 Å². The third-order valence-corrected chi connectivity index (χ3v) is 14.9. The van der Waals surface area contributed by atoms with Crippen molar-refractivity contribution in [3.05, 3.63) is 0 Å². The summed E-state index contributed by atoms with van der Waals surface area (Å²) >= 11 is 0. The molecule has 0 aliphatic carbocycles. The second kappa shape index (κ2) is 40.7. The van der Waals surface area contributed by atoms with Crippen LogP contribution in [0.5, 0.6) is 0 Å². The van der Waals surface area contributed by atoms with Gasteiger partial charge >= 0.3 is 17.9 Å². The summed E-state index contributed by atoms with van der Waals surface area (Å²) < 4.78 is 5.41. The highest BCUT2D eigenvalue weighted by Crippen LogP contribution is 2.22. The number of likely N-dealkylation sites (tertiary alicyclic amines) is 5. The molecule has 0 radical (unpaired) electrons. The summed E-state index contributed by atoms with van der Waals surface area (Å²) in [7, 11) is 3.96. The summed E-state index contributed by atoms with van der Waals surface area (Å²) in [6.07, 6.45) is 14.2. The van der Waals surface area contributed by atoms with Crippen molar-refractivity contribution in [2.24, 2.45) is 47.0 Å². The maximum absolute atomic E-state index is 11.6. The first-order valence-corrected chi connectivity index (χ1v) is 29.5. The number of nitrogens with zero attached hydrogens (tertiary/aromatic N) is 7. The highest BCUT2D eigenvalue weighted by molar-refractivity contribution is 5.90. The Hall–Kier alpha value is -5.42. The number of amides is 7. The Morgan fingerprint density at radius 3 is 1.15 bits per heavy atom. The van der Waals surface area contributed by atoms with Crippen molar-refractivity contribution in [3.63, 3.8) is 0 Å². The van der Waals surface area contributed by atoms with Gasteiger partial charge in [0.25, 0.3) is 0 Å². The van der Waals surface area contributed by atoms with Crippen LogP contribution in [-0.4, -0.2) is 228 Å². The van der Waals surface area contributed by atoms with Gasteiger partial charge in [-0.15, -0.1) is 0 Å². The minimum absolute atomic E-state index is 0.00602. The van der Waals surface area contributed by atoms with Crippen molar-refractivity contribution < 1.29 is 68.0 Å². The lowest BCUT2D eigenvalue weighted by molar-refractivity contribution is -0.142. The van der Waals surface area contributed by atoms with Crippen LogP contribution in [0.3, 0.4) is 0 Å². The van der Waals surface area contributed by atoms with Crippen LogP contribution < -0.4 is 11.5 Å². The molecule has 460 valence electrons. The molecule has 5 fully saturated rings. The Bertz CT molecular complexity index is 1920. The zero-order chi connectivity index (χ0) is 60.3. The Morgan fingerprint density at radius 1 is 0.475 bits per heavy atom. The first kappa shape index (κ1) is 72.6. The SMILES string of the molecule is CC(C)CCCCCCN1CC(C(N)=O)CC1=O.CCCCCN1CC(C(=O)O)CC1=O.CCCCOCCCN1CC(C(N)=O)CC1=O.CCN(CC)CCN1CC(C(=O)O)CC1=O.CN(C)CCCN1CC(C(=O)O)CC1=O. The molecule has 0 saturated carbocycles. The monoisotopic (exact) mass is 1140 g/mol. The number of rotatable bonds is 32. The predicted molar refractivity (Wildman–Crippen MR) is 303 cm³/mol. The maximum Gasteiger partial charge on any atom is 0.308 e. The molecule has 5 aliphatic rings. The van der Waals surface area contributed by atoms with Gasteiger partial charge in [0.1, 0.15) is 0 Å². The molecule has 5 saturated heterocycles. The lowest BCUT2D eigenvalue weighted by Crippen LogP contribution is -2.36. The van der Waals surface area contributed by atoms with Gasteiger partial charge in [-0.1, -0.05) is 86.5 Å². The van der Waals surface area contributed by atoms with Crippen molar-refractivity contribution in [1.29, 1.82) is 0 Å². The minimum Gasteiger partial charge on any atom is -0.481 e. The van der Waals surface area contributed by atoms with E-state index in [2.05, 4.69) is 51.3 Å². The first-order chi connectivity index (χ1) is 37.9. The Balaban J connectivity index is 0.000000501. The van der Waals surface area contributed by atoms with E-state index in [0.29, 0.717) is 65.4 Å². The van der Waals surface area contributed by atoms with Crippen LogP contribution in [-0.2, 0) is 52.7 Å². The summed E-state index contributed by atoms with van der Waals surface area (Å²) in [5.74, 6) is -4.53. The number of nitrogens with two attached hydrogens (primary N) is 2. The van der Waals surface area contributed by atoms with Gasteiger partial charge in [-0.25, -0.2) is 0 Å². The molecular formula is C57H103N9O14. The number of likely N-dealkylation sites (N-methyl/N-ethyl adjacent to an activating group) is 1. The van der Waals surface area contributed by atoms with Crippen LogP contribution >= 0.6 is 0 Å². The number of unbranched alkanes of at least 4 members (excludes halogenated alkanes) is 6. The number of ether oxygens (including phenoxy) is 1. The average Bonchev–Trinajstić information content (AvgIpc) is 4.24. The lowest BCUT2D eigenvalue weighted by atomic mass is 10.0. The fourth-order valence-electron chi connectivity index (χ4n) is 9.67. The summed E-state index contributed by atoms with van der Waals surface area (Å²) in [6, 6.07) is 0. The molecule has 23 heteroatoms. The van der Waals surface area contributed by atoms with E-state index in [1.54, 1.807) is 24.5 Å². The zero-order valence-corrected chi connectivity index (χ0v) is 49.9. The smallest absolute Gasteiger partial charge is 0.308 e. The van der Waals surface area contributed by atoms with Crippen LogP contribution in [0.25, 0.3) is 0 Å². The van der Waals surface area contributed by atoms with Gasteiger partial charge in [0.15, 0.2) is 0 Å². The molecule has 5 unspecified atom stereocenters. The highest BCUT2D eigenvalue weighted by Gasteiger charge is 2.37. The third kappa shape index (κ3) is 29.9. The summed E-state index contributed by atoms with van der Waals surface area (Å²) in [5, 5.41) is 26.3. The fourth-order valence-corrected chi connectivity index (χ4v) is 9.67. The minimum atomic E-state index is -0.863. The Kier molecular flexibility index (Phi) is 36.9. The molecular weight excluding hydrogens is 1030 g/mol. The molecule has 0 spiro atoms. The van der Waals surface area contributed by atoms with Gasteiger partial charge in [-0.3, -0.25) is 47.9 Å². The largest absolute Gasteiger partial charge is 0.481 e. The molecule has 5 aliphatic heterocycles. The fraction of sp³-hybridized carbons (Fsp3) is 0.825. The predicted octanol–water partition coefficient (Wildman–Crippen LogP) is 3.70. The molecule has 5 rings (SSSR count). The topological polar surface area (TPSA) is 315 Å². The molecule has 0 aromatic carbocycles. The summed E-state index contributed by atoms with van der Waals surface area (Å²) in [5.41, 5.74) is 10.4. The molecule has 23 nitrogen and oxygen atoms in total. The number of aliphatic carboxylic acids is 3. The van der Waals surface area contributed by atoms with E-state index < -0.39 is 35.7 Å². The lowest BCUT2D eigenvalue weighted by Gasteiger charge is -2.22. The van der Waals surface area contributed by atoms with Crippen molar-refractivity contribution in [1.82, 2.24) is 34.3 Å². The quantitative estimate of drug-likeness (QED) is 0.0600. The molecule has 5 atom stereocenters. The molecule has 7 N–H and O–H groups in total. The van der Waals surface area contributed by atoms with Crippen LogP contribution in [0, 0.1) is 35.5 Å². The van der Waals surface area contributed by atoms with Gasteiger partial charge in [0, 0.05) is 117 Å². The number of carboxylic acids is 3. The van der Waals surface area contributed by atoms with E-state index in [-0.39, 0.29) is 78.9 Å². The number of carbonyl (C=O) groups is 10. The van der Waals surface area contributed by atoms with E-state index in [1.165, 1.54) is 19.3 Å². The number of hydrogen-bond donors (Lipinski definition) is 5. The Morgan fingerprint density at radius 2 is 0.812 bits per heavy atom. The molecule has 0 bridgehead atoms. The first-order valence-electron chi connectivity index (χ1n) is 29.5. The van der Waals surface area contributed by atoms with Crippen LogP contribution in [0.4, 0.5) is 0 Å². The van der Waals surface area contributed by atoms with Crippen molar-refractivity contribution in [2.75, 3.05) is 119 Å². The van der Waals surface area contributed by atoms with Crippen molar-refractivity contribution >= 4 is 59.3 Å². The second-order valence-corrected chi connectivity index (χ2v) is 22.3. The third-order valence-electron chi connectivity index (χ3n) is 14.9. The summed E-state index contributed by atoms with van der Waals surface area (Å²) in [4.78, 5) is 124. The maximum atomic E-state index is 11.6. The van der Waals surface area contributed by atoms with Gasteiger partial charge in [0.2, 0.25) is 41.4 Å². The highest BCUT2D eigenvalue weighted by atomic mass is 16.5. The van der Waals surface area contributed by atoms with Crippen LogP contribution in [0.1, 0.15) is 151 Å². The number of carbonyl (C=O) groups excluding carboxylic acids is 7. The number of hydrogen-bond acceptors (Lipinski definition) is 13. The number of primary amides is 2. The van der Waals surface area contributed by atoms with E-state index in [4.69, 9.17) is 31.5 Å². The second-order valence-electron chi connectivity index (χ2n) is 22.3. The Labute approximate surface area is 476 Å². The van der Waals surface area contributed by atoms with Crippen LogP contribution in [0.2, 0.25) is 0 Å². The average molecular weight is 1140 g/mol. The van der Waals surface area contributed by atoms with E-state index in [9.17, 15) is 47.9 Å². The molecule has 7 amide bonds. The van der Waals surface area contributed by atoms with Crippen molar-refractivity contribution in [2.45, 2.75) is 151 Å². The van der Waals surface area contributed by atoms with Gasteiger partial charge in [-0.05, 0) is 71.8 Å². The summed E-state index contributed by atoms with van der Waals surface area (Å²) in [6.45, 7) is 23.6. The molecule has 5 heterocycles. The van der Waals surface area contributed by atoms with Crippen LogP contribution in [0.15, 0.2) is 0 Å². The van der Waals surface area contributed by atoms with E-state index in [0.717, 1.165) is 110 Å². The number of carboxylic acid groups (broad SMARTS) is 3. The molecule has 80 heavy (non-hydrogen) atoms. The molecule has 0 aromatic heterocycles. The van der Waals surface area contributed by atoms with Gasteiger partial charge in [-0.2, -0.15) is 0 Å². The van der Waals surface area contributed by atoms with E-state index >= 15 is 0 Å². The van der Waals surface area contributed by atoms with Crippen molar-refractivity contribution in [3.8, 4) is 0 Å². The zero-order valence-electron chi connectivity index (χ0n) is 49.9. The standard InChI is InChI=1S/C14H26N2O2.C12H22N2O3.C11H20N2O3.C10H18N2O3.C10H17NO3/c1-11(2)7-5-3-4-6-8-16-10-12(14(15)18)9-13(16)17;1-2-3-6-17-7-4-5-14-9-10(12(13)16)8-11(14)15;1-3-12(4-2)5-6-13-8-9(11(15)16)7-10(13)14;1-11(2)4-3-5-12-7-8(10(14)15)6-9(12)13;1-2-3-4-5-11-7-8(10(13)14)6-9(11)12/h11-12H,3-10H2,1-2H3,(H2,15,18);10H,2-9H2,1H3,(H2,13,16);9H,3-8H2,1-2H3,(H,15,16);8H,3-7H2,1-2H3,(H,14,15);8H,2-7H2,1H3,(H,13,14). The normalized spacial score (nSPS) is 20.7. The van der Waals surface area contributed by atoms with E-state index in [1.807, 2.05) is 14.1 Å².